The third-order valence-electron chi connectivity index (χ3n) is 5.01. The van der Waals surface area contributed by atoms with Gasteiger partial charge in [-0.25, -0.2) is 4.98 Å². The Labute approximate surface area is 153 Å². The number of amides is 1. The quantitative estimate of drug-likeness (QED) is 0.823. The first-order valence-electron chi connectivity index (χ1n) is 8.99. The van der Waals surface area contributed by atoms with E-state index in [0.29, 0.717) is 11.0 Å². The SMILES string of the molecule is COc1ncc(Cl)c(N2CCN(CCNC(=O)C3CCCC3)CC2)n1. The molecule has 1 amide bonds. The summed E-state index contributed by atoms with van der Waals surface area (Å²) < 4.78 is 5.08. The average molecular weight is 368 g/mol. The Balaban J connectivity index is 1.42. The Hall–Kier alpha value is -1.60. The predicted octanol–water partition coefficient (Wildman–Crippen LogP) is 1.57. The second-order valence-corrected chi connectivity index (χ2v) is 7.04. The molecular formula is C17H26ClN5O2. The van der Waals surface area contributed by atoms with E-state index in [9.17, 15) is 4.79 Å². The van der Waals surface area contributed by atoms with Crippen molar-refractivity contribution < 1.29 is 9.53 Å². The van der Waals surface area contributed by atoms with Gasteiger partial charge in [0.1, 0.15) is 5.02 Å². The second kappa shape index (κ2) is 8.67. The summed E-state index contributed by atoms with van der Waals surface area (Å²) in [6, 6.07) is 0.330. The maximum absolute atomic E-state index is 12.0. The molecule has 0 radical (unpaired) electrons. The maximum Gasteiger partial charge on any atom is 0.318 e. The van der Waals surface area contributed by atoms with E-state index in [4.69, 9.17) is 16.3 Å². The van der Waals surface area contributed by atoms with E-state index >= 15 is 0 Å². The van der Waals surface area contributed by atoms with Crippen LogP contribution in [0.15, 0.2) is 6.20 Å². The molecule has 7 nitrogen and oxygen atoms in total. The molecule has 0 spiro atoms. The number of carbonyl (C=O) groups excluding carboxylic acids is 1. The first-order chi connectivity index (χ1) is 12.2. The van der Waals surface area contributed by atoms with Gasteiger partial charge < -0.3 is 15.0 Å². The normalized spacial score (nSPS) is 19.2. The van der Waals surface area contributed by atoms with Gasteiger partial charge in [0.25, 0.3) is 0 Å². The number of hydrogen-bond acceptors (Lipinski definition) is 6. The monoisotopic (exact) mass is 367 g/mol. The van der Waals surface area contributed by atoms with Crippen molar-refractivity contribution in [2.75, 3.05) is 51.3 Å². The lowest BCUT2D eigenvalue weighted by Gasteiger charge is -2.35. The van der Waals surface area contributed by atoms with E-state index in [-0.39, 0.29) is 11.8 Å². The number of rotatable bonds is 6. The number of methoxy groups -OCH3 is 1. The molecular weight excluding hydrogens is 342 g/mol. The van der Waals surface area contributed by atoms with Crippen molar-refractivity contribution in [3.63, 3.8) is 0 Å². The first kappa shape index (κ1) is 18.2. The summed E-state index contributed by atoms with van der Waals surface area (Å²) in [4.78, 5) is 24.9. The summed E-state index contributed by atoms with van der Waals surface area (Å²) in [6.45, 7) is 5.13. The van der Waals surface area contributed by atoms with Crippen molar-refractivity contribution in [2.45, 2.75) is 25.7 Å². The fourth-order valence-electron chi connectivity index (χ4n) is 3.52. The van der Waals surface area contributed by atoms with Crippen LogP contribution in [0.1, 0.15) is 25.7 Å². The Morgan fingerprint density at radius 3 is 2.72 bits per heavy atom. The van der Waals surface area contributed by atoms with E-state index in [1.165, 1.54) is 12.8 Å². The minimum Gasteiger partial charge on any atom is -0.467 e. The summed E-state index contributed by atoms with van der Waals surface area (Å²) in [5, 5.41) is 3.63. The standard InChI is InChI=1S/C17H26ClN5O2/c1-25-17-20-12-14(18)15(21-17)23-10-8-22(9-11-23)7-6-19-16(24)13-4-2-3-5-13/h12-13H,2-11H2,1H3,(H,19,24). The number of halogens is 1. The highest BCUT2D eigenvalue weighted by Crippen LogP contribution is 2.26. The molecule has 1 aromatic heterocycles. The van der Waals surface area contributed by atoms with Crippen LogP contribution in [0.5, 0.6) is 6.01 Å². The van der Waals surface area contributed by atoms with Gasteiger partial charge in [-0.1, -0.05) is 24.4 Å². The molecule has 0 bridgehead atoms. The van der Waals surface area contributed by atoms with Gasteiger partial charge >= 0.3 is 6.01 Å². The van der Waals surface area contributed by atoms with Crippen LogP contribution < -0.4 is 15.0 Å². The predicted molar refractivity (Wildman–Crippen MR) is 97.2 cm³/mol. The summed E-state index contributed by atoms with van der Waals surface area (Å²) in [5.41, 5.74) is 0. The zero-order chi connectivity index (χ0) is 17.6. The zero-order valence-electron chi connectivity index (χ0n) is 14.7. The summed E-state index contributed by atoms with van der Waals surface area (Å²) in [7, 11) is 1.55. The molecule has 1 saturated heterocycles. The lowest BCUT2D eigenvalue weighted by molar-refractivity contribution is -0.124. The molecule has 0 atom stereocenters. The van der Waals surface area contributed by atoms with Gasteiger partial charge in [0, 0.05) is 45.2 Å². The average Bonchev–Trinajstić information content (AvgIpc) is 3.18. The fraction of sp³-hybridized carbons (Fsp3) is 0.706. The molecule has 1 N–H and O–H groups in total. The topological polar surface area (TPSA) is 70.6 Å². The molecule has 138 valence electrons. The van der Waals surface area contributed by atoms with Crippen LogP contribution >= 0.6 is 11.6 Å². The van der Waals surface area contributed by atoms with Gasteiger partial charge in [-0.15, -0.1) is 0 Å². The Bertz CT molecular complexity index is 586. The van der Waals surface area contributed by atoms with Crippen molar-refractivity contribution in [1.82, 2.24) is 20.2 Å². The van der Waals surface area contributed by atoms with E-state index in [0.717, 1.165) is 57.9 Å². The van der Waals surface area contributed by atoms with Gasteiger partial charge in [0.05, 0.1) is 13.3 Å². The van der Waals surface area contributed by atoms with Crippen molar-refractivity contribution >= 4 is 23.3 Å². The van der Waals surface area contributed by atoms with Crippen molar-refractivity contribution in [1.29, 1.82) is 0 Å². The number of ether oxygens (including phenoxy) is 1. The van der Waals surface area contributed by atoms with Crippen LogP contribution in [0.25, 0.3) is 0 Å². The molecule has 1 aromatic rings. The Morgan fingerprint density at radius 2 is 2.04 bits per heavy atom. The number of nitrogens with one attached hydrogen (secondary N) is 1. The Morgan fingerprint density at radius 1 is 1.32 bits per heavy atom. The first-order valence-corrected chi connectivity index (χ1v) is 9.36. The highest BCUT2D eigenvalue weighted by molar-refractivity contribution is 6.32. The molecule has 25 heavy (non-hydrogen) atoms. The lowest BCUT2D eigenvalue weighted by atomic mass is 10.1. The zero-order valence-corrected chi connectivity index (χ0v) is 15.5. The molecule has 8 heteroatoms. The Kier molecular flexibility index (Phi) is 6.31. The molecule has 2 heterocycles. The van der Waals surface area contributed by atoms with Crippen LogP contribution in [0.2, 0.25) is 5.02 Å². The van der Waals surface area contributed by atoms with Gasteiger partial charge in [0.15, 0.2) is 5.82 Å². The lowest BCUT2D eigenvalue weighted by Crippen LogP contribution is -2.49. The van der Waals surface area contributed by atoms with Crippen LogP contribution in [-0.4, -0.2) is 67.2 Å². The summed E-state index contributed by atoms with van der Waals surface area (Å²) in [5.74, 6) is 1.20. The summed E-state index contributed by atoms with van der Waals surface area (Å²) in [6.07, 6.45) is 6.06. The van der Waals surface area contributed by atoms with Crippen LogP contribution in [-0.2, 0) is 4.79 Å². The van der Waals surface area contributed by atoms with Crippen LogP contribution in [0.4, 0.5) is 5.82 Å². The largest absolute Gasteiger partial charge is 0.467 e. The highest BCUT2D eigenvalue weighted by atomic mass is 35.5. The van der Waals surface area contributed by atoms with Gasteiger partial charge in [-0.05, 0) is 12.8 Å². The summed E-state index contributed by atoms with van der Waals surface area (Å²) >= 11 is 6.22. The van der Waals surface area contributed by atoms with Crippen molar-refractivity contribution in [2.24, 2.45) is 5.92 Å². The number of nitrogens with zero attached hydrogens (tertiary/aromatic N) is 4. The van der Waals surface area contributed by atoms with E-state index in [2.05, 4.69) is 25.1 Å². The van der Waals surface area contributed by atoms with Gasteiger partial charge in [-0.2, -0.15) is 4.98 Å². The van der Waals surface area contributed by atoms with Crippen molar-refractivity contribution in [3.05, 3.63) is 11.2 Å². The van der Waals surface area contributed by atoms with Gasteiger partial charge in [0.2, 0.25) is 5.91 Å². The number of aromatic nitrogens is 2. The molecule has 1 aliphatic heterocycles. The van der Waals surface area contributed by atoms with E-state index < -0.39 is 0 Å². The minimum atomic E-state index is 0.232. The van der Waals surface area contributed by atoms with Gasteiger partial charge in [-0.3, -0.25) is 9.69 Å². The van der Waals surface area contributed by atoms with Crippen LogP contribution in [0.3, 0.4) is 0 Å². The molecule has 2 aliphatic rings. The molecule has 1 saturated carbocycles. The number of hydrogen-bond donors (Lipinski definition) is 1. The molecule has 3 rings (SSSR count). The smallest absolute Gasteiger partial charge is 0.318 e. The third-order valence-corrected chi connectivity index (χ3v) is 5.28. The third kappa shape index (κ3) is 4.73. The fourth-order valence-corrected chi connectivity index (χ4v) is 3.73. The number of piperazine rings is 1. The van der Waals surface area contributed by atoms with Crippen molar-refractivity contribution in [3.8, 4) is 6.01 Å². The second-order valence-electron chi connectivity index (χ2n) is 6.63. The number of anilines is 1. The molecule has 1 aliphatic carbocycles. The van der Waals surface area contributed by atoms with Crippen LogP contribution in [0, 0.1) is 5.92 Å². The molecule has 0 unspecified atom stereocenters. The maximum atomic E-state index is 12.0. The number of carbonyl (C=O) groups is 1. The highest BCUT2D eigenvalue weighted by Gasteiger charge is 2.23. The van der Waals surface area contributed by atoms with E-state index in [1.807, 2.05) is 0 Å². The van der Waals surface area contributed by atoms with E-state index in [1.54, 1.807) is 13.3 Å². The molecule has 2 fully saturated rings. The minimum absolute atomic E-state index is 0.232. The molecule has 0 aromatic carbocycles.